The average molecular weight is 371 g/mol. The zero-order chi connectivity index (χ0) is 15.5. The maximum atomic E-state index is 3.74. The molecule has 0 radical (unpaired) electrons. The number of hydrogen-bond acceptors (Lipinski definition) is 3. The Morgan fingerprint density at radius 3 is 2.76 bits per heavy atom. The summed E-state index contributed by atoms with van der Waals surface area (Å²) in [7, 11) is 0. The number of benzene rings is 1. The third kappa shape index (κ3) is 5.19. The molecule has 0 aromatic heterocycles. The number of rotatable bonds is 5. The van der Waals surface area contributed by atoms with Gasteiger partial charge in [-0.1, -0.05) is 35.8 Å². The molecule has 0 amide bonds. The van der Waals surface area contributed by atoms with E-state index in [4.69, 9.17) is 0 Å². The van der Waals surface area contributed by atoms with Crippen LogP contribution in [0.5, 0.6) is 0 Å². The van der Waals surface area contributed by atoms with Crippen LogP contribution < -0.4 is 10.2 Å². The van der Waals surface area contributed by atoms with Gasteiger partial charge < -0.3 is 10.2 Å². The van der Waals surface area contributed by atoms with Crippen molar-refractivity contribution >= 4 is 33.4 Å². The van der Waals surface area contributed by atoms with E-state index in [2.05, 4.69) is 83.8 Å². The maximum Gasteiger partial charge on any atom is 0.0378 e. The maximum absolute atomic E-state index is 3.74. The standard InChI is InChI=1S/C17H27BrN2S/c1-13(2)10-19-11-14-5-6-15(9-16(14)18)20-7-8-21-17(3,4)12-20/h5-6,9,13,19H,7-8,10-12H2,1-4H3. The van der Waals surface area contributed by atoms with Gasteiger partial charge in [0.05, 0.1) is 0 Å². The Hall–Kier alpha value is -0.190. The lowest BCUT2D eigenvalue weighted by molar-refractivity contribution is 0.552. The van der Waals surface area contributed by atoms with Gasteiger partial charge in [0.2, 0.25) is 0 Å². The Morgan fingerprint density at radius 2 is 2.14 bits per heavy atom. The highest BCUT2D eigenvalue weighted by Crippen LogP contribution is 2.33. The van der Waals surface area contributed by atoms with Gasteiger partial charge in [0.15, 0.2) is 0 Å². The third-order valence-electron chi connectivity index (χ3n) is 3.70. The van der Waals surface area contributed by atoms with E-state index in [1.54, 1.807) is 0 Å². The van der Waals surface area contributed by atoms with E-state index in [0.717, 1.165) is 26.2 Å². The summed E-state index contributed by atoms with van der Waals surface area (Å²) in [5.74, 6) is 1.90. The van der Waals surface area contributed by atoms with Gasteiger partial charge in [0, 0.05) is 40.3 Å². The number of hydrogen-bond donors (Lipinski definition) is 1. The zero-order valence-electron chi connectivity index (χ0n) is 13.6. The summed E-state index contributed by atoms with van der Waals surface area (Å²) in [6.07, 6.45) is 0. The van der Waals surface area contributed by atoms with Gasteiger partial charge in [-0.15, -0.1) is 0 Å². The highest BCUT2D eigenvalue weighted by molar-refractivity contribution is 9.10. The second kappa shape index (κ2) is 7.38. The Kier molecular flexibility index (Phi) is 6.04. The highest BCUT2D eigenvalue weighted by Gasteiger charge is 2.27. The van der Waals surface area contributed by atoms with E-state index < -0.39 is 0 Å². The van der Waals surface area contributed by atoms with Crippen LogP contribution in [0.1, 0.15) is 33.3 Å². The van der Waals surface area contributed by atoms with Crippen LogP contribution in [0.15, 0.2) is 22.7 Å². The van der Waals surface area contributed by atoms with Crippen molar-refractivity contribution in [2.45, 2.75) is 39.0 Å². The SMILES string of the molecule is CC(C)CNCc1ccc(N2CCSC(C)(C)C2)cc1Br. The monoisotopic (exact) mass is 370 g/mol. The minimum Gasteiger partial charge on any atom is -0.369 e. The molecule has 0 saturated carbocycles. The summed E-state index contributed by atoms with van der Waals surface area (Å²) in [5.41, 5.74) is 2.67. The van der Waals surface area contributed by atoms with E-state index in [0.29, 0.717) is 10.7 Å². The average Bonchev–Trinajstić information content (AvgIpc) is 2.39. The van der Waals surface area contributed by atoms with Crippen molar-refractivity contribution < 1.29 is 0 Å². The van der Waals surface area contributed by atoms with Crippen molar-refractivity contribution in [3.8, 4) is 0 Å². The van der Waals surface area contributed by atoms with Crippen molar-refractivity contribution in [1.82, 2.24) is 5.32 Å². The molecule has 4 heteroatoms. The molecule has 0 atom stereocenters. The molecular weight excluding hydrogens is 344 g/mol. The molecule has 1 aromatic rings. The molecule has 0 unspecified atom stereocenters. The van der Waals surface area contributed by atoms with Crippen LogP contribution >= 0.6 is 27.7 Å². The Balaban J connectivity index is 2.01. The van der Waals surface area contributed by atoms with Crippen LogP contribution in [0.3, 0.4) is 0 Å². The molecule has 0 bridgehead atoms. The largest absolute Gasteiger partial charge is 0.369 e. The molecule has 0 aliphatic carbocycles. The molecular formula is C17H27BrN2S. The molecule has 2 rings (SSSR count). The molecule has 118 valence electrons. The van der Waals surface area contributed by atoms with Crippen LogP contribution in [0, 0.1) is 5.92 Å². The van der Waals surface area contributed by atoms with Crippen molar-refractivity contribution in [3.05, 3.63) is 28.2 Å². The number of nitrogens with zero attached hydrogens (tertiary/aromatic N) is 1. The molecule has 1 heterocycles. The molecule has 1 aliphatic rings. The zero-order valence-corrected chi connectivity index (χ0v) is 16.0. The topological polar surface area (TPSA) is 15.3 Å². The Morgan fingerprint density at radius 1 is 1.38 bits per heavy atom. The number of anilines is 1. The molecule has 1 N–H and O–H groups in total. The molecule has 1 aliphatic heterocycles. The van der Waals surface area contributed by atoms with Crippen molar-refractivity contribution in [3.63, 3.8) is 0 Å². The first kappa shape index (κ1) is 17.2. The lowest BCUT2D eigenvalue weighted by atomic mass is 10.1. The van der Waals surface area contributed by atoms with E-state index in [9.17, 15) is 0 Å². The fraction of sp³-hybridized carbons (Fsp3) is 0.647. The van der Waals surface area contributed by atoms with Crippen molar-refractivity contribution in [1.29, 1.82) is 0 Å². The second-order valence-corrected chi connectivity index (χ2v) is 9.49. The van der Waals surface area contributed by atoms with E-state index in [1.807, 2.05) is 0 Å². The summed E-state index contributed by atoms with van der Waals surface area (Å²) < 4.78 is 1.56. The minimum atomic E-state index is 0.349. The fourth-order valence-electron chi connectivity index (χ4n) is 2.61. The molecule has 21 heavy (non-hydrogen) atoms. The molecule has 0 spiro atoms. The summed E-state index contributed by atoms with van der Waals surface area (Å²) in [6.45, 7) is 13.4. The van der Waals surface area contributed by atoms with Crippen LogP contribution in [0.25, 0.3) is 0 Å². The predicted molar refractivity (Wildman–Crippen MR) is 99.4 cm³/mol. The summed E-state index contributed by atoms with van der Waals surface area (Å²) in [4.78, 5) is 2.51. The first-order valence-corrected chi connectivity index (χ1v) is 9.53. The number of nitrogens with one attached hydrogen (secondary N) is 1. The van der Waals surface area contributed by atoms with Gasteiger partial charge in [-0.05, 0) is 44.0 Å². The molecule has 1 saturated heterocycles. The van der Waals surface area contributed by atoms with Gasteiger partial charge in [-0.2, -0.15) is 11.8 Å². The second-order valence-electron chi connectivity index (χ2n) is 6.83. The number of thioether (sulfide) groups is 1. The van der Waals surface area contributed by atoms with Crippen LogP contribution in [0.2, 0.25) is 0 Å². The van der Waals surface area contributed by atoms with Gasteiger partial charge >= 0.3 is 0 Å². The smallest absolute Gasteiger partial charge is 0.0378 e. The molecule has 2 nitrogen and oxygen atoms in total. The van der Waals surface area contributed by atoms with Crippen molar-refractivity contribution in [2.24, 2.45) is 5.92 Å². The minimum absolute atomic E-state index is 0.349. The van der Waals surface area contributed by atoms with Crippen LogP contribution in [-0.4, -0.2) is 30.1 Å². The first-order chi connectivity index (χ1) is 9.87. The number of halogens is 1. The van der Waals surface area contributed by atoms with Crippen LogP contribution in [0.4, 0.5) is 5.69 Å². The van der Waals surface area contributed by atoms with Crippen molar-refractivity contribution in [2.75, 3.05) is 30.3 Å². The Labute approximate surface area is 142 Å². The van der Waals surface area contributed by atoms with Gasteiger partial charge in [0.25, 0.3) is 0 Å². The summed E-state index contributed by atoms with van der Waals surface area (Å²) in [6, 6.07) is 6.79. The van der Waals surface area contributed by atoms with E-state index in [-0.39, 0.29) is 0 Å². The van der Waals surface area contributed by atoms with Crippen LogP contribution in [-0.2, 0) is 6.54 Å². The highest BCUT2D eigenvalue weighted by atomic mass is 79.9. The Bertz CT molecular complexity index is 474. The van der Waals surface area contributed by atoms with Gasteiger partial charge in [-0.25, -0.2) is 0 Å². The predicted octanol–water partition coefficient (Wildman–Crippen LogP) is 4.53. The first-order valence-electron chi connectivity index (χ1n) is 7.75. The third-order valence-corrected chi connectivity index (χ3v) is 5.73. The van der Waals surface area contributed by atoms with Gasteiger partial charge in [-0.3, -0.25) is 0 Å². The molecule has 1 aromatic carbocycles. The van der Waals surface area contributed by atoms with E-state index in [1.165, 1.54) is 21.5 Å². The quantitative estimate of drug-likeness (QED) is 0.819. The summed E-state index contributed by atoms with van der Waals surface area (Å²) >= 11 is 5.81. The summed E-state index contributed by atoms with van der Waals surface area (Å²) in [5, 5.41) is 3.51. The lowest BCUT2D eigenvalue weighted by Gasteiger charge is -2.39. The van der Waals surface area contributed by atoms with Gasteiger partial charge in [0.1, 0.15) is 0 Å². The molecule has 1 fully saturated rings. The normalized spacial score (nSPS) is 18.3. The van der Waals surface area contributed by atoms with E-state index >= 15 is 0 Å². The fourth-order valence-corrected chi connectivity index (χ4v) is 4.23. The lowest BCUT2D eigenvalue weighted by Crippen LogP contribution is -2.43.